The van der Waals surface area contributed by atoms with E-state index in [2.05, 4.69) is 4.72 Å². The van der Waals surface area contributed by atoms with Gasteiger partial charge < -0.3 is 0 Å². The maximum absolute atomic E-state index is 13.0. The summed E-state index contributed by atoms with van der Waals surface area (Å²) in [6, 6.07) is 11.6. The summed E-state index contributed by atoms with van der Waals surface area (Å²) in [6.45, 7) is 3.43. The number of sulfonamides is 1. The zero-order chi connectivity index (χ0) is 15.7. The maximum Gasteiger partial charge on any atom is 0.241 e. The molecule has 0 aromatic heterocycles. The van der Waals surface area contributed by atoms with Crippen LogP contribution in [0.2, 0.25) is 5.02 Å². The van der Waals surface area contributed by atoms with Crippen molar-refractivity contribution in [1.82, 2.24) is 4.72 Å². The maximum atomic E-state index is 13.0. The van der Waals surface area contributed by atoms with Crippen molar-refractivity contribution in [2.45, 2.75) is 24.3 Å². The van der Waals surface area contributed by atoms with Crippen molar-refractivity contribution < 1.29 is 12.8 Å². The summed E-state index contributed by atoms with van der Waals surface area (Å²) in [5.74, 6) is -0.366. The third-order valence-corrected chi connectivity index (χ3v) is 5.00. The standard InChI is InChI=1S/C15H15ClFNO2S/c1-15(2,11-3-7-13(17)8-4-11)18-21(19,20)14-9-5-12(16)6-10-14/h3-10,18H,1-2H3. The van der Waals surface area contributed by atoms with E-state index in [1.54, 1.807) is 26.0 Å². The minimum Gasteiger partial charge on any atom is -0.207 e. The molecule has 112 valence electrons. The summed E-state index contributed by atoms with van der Waals surface area (Å²) in [4.78, 5) is 0.127. The van der Waals surface area contributed by atoms with Gasteiger partial charge in [0.1, 0.15) is 5.82 Å². The second-order valence-electron chi connectivity index (χ2n) is 5.19. The molecule has 2 rings (SSSR count). The van der Waals surface area contributed by atoms with Crippen molar-refractivity contribution in [2.24, 2.45) is 0 Å². The third kappa shape index (κ3) is 3.81. The molecule has 0 saturated heterocycles. The van der Waals surface area contributed by atoms with Gasteiger partial charge in [0.25, 0.3) is 0 Å². The molecule has 3 nitrogen and oxygen atoms in total. The zero-order valence-corrected chi connectivity index (χ0v) is 13.2. The Hall–Kier alpha value is -1.43. The highest BCUT2D eigenvalue weighted by Gasteiger charge is 2.27. The molecule has 0 aliphatic rings. The van der Waals surface area contributed by atoms with Gasteiger partial charge in [0.05, 0.1) is 10.4 Å². The Morgan fingerprint density at radius 3 is 2.05 bits per heavy atom. The summed E-state index contributed by atoms with van der Waals surface area (Å²) >= 11 is 5.75. The van der Waals surface area contributed by atoms with Gasteiger partial charge in [-0.15, -0.1) is 0 Å². The van der Waals surface area contributed by atoms with Crippen molar-refractivity contribution in [3.63, 3.8) is 0 Å². The predicted molar refractivity (Wildman–Crippen MR) is 81.2 cm³/mol. The lowest BCUT2D eigenvalue weighted by atomic mass is 9.96. The first-order valence-corrected chi connectivity index (χ1v) is 8.12. The molecule has 0 spiro atoms. The summed E-state index contributed by atoms with van der Waals surface area (Å²) in [5.41, 5.74) is -0.201. The van der Waals surface area contributed by atoms with Crippen LogP contribution in [0, 0.1) is 5.82 Å². The Balaban J connectivity index is 2.30. The monoisotopic (exact) mass is 327 g/mol. The number of halogens is 2. The van der Waals surface area contributed by atoms with E-state index in [-0.39, 0.29) is 10.7 Å². The van der Waals surface area contributed by atoms with Gasteiger partial charge in [-0.3, -0.25) is 0 Å². The first kappa shape index (κ1) is 15.9. The Morgan fingerprint density at radius 1 is 1.00 bits per heavy atom. The summed E-state index contributed by atoms with van der Waals surface area (Å²) in [7, 11) is -3.70. The van der Waals surface area contributed by atoms with Gasteiger partial charge in [-0.2, -0.15) is 0 Å². The summed E-state index contributed by atoms with van der Waals surface area (Å²) in [5, 5.41) is 0.465. The molecule has 1 N–H and O–H groups in total. The smallest absolute Gasteiger partial charge is 0.207 e. The van der Waals surface area contributed by atoms with Crippen LogP contribution in [0.3, 0.4) is 0 Å². The highest BCUT2D eigenvalue weighted by molar-refractivity contribution is 7.89. The molecule has 0 aliphatic carbocycles. The van der Waals surface area contributed by atoms with E-state index in [1.165, 1.54) is 36.4 Å². The molecule has 0 radical (unpaired) electrons. The van der Waals surface area contributed by atoms with Crippen LogP contribution in [0.25, 0.3) is 0 Å². The molecule has 0 fully saturated rings. The van der Waals surface area contributed by atoms with Gasteiger partial charge in [0.15, 0.2) is 0 Å². The van der Waals surface area contributed by atoms with Gasteiger partial charge in [0.2, 0.25) is 10.0 Å². The second-order valence-corrected chi connectivity index (χ2v) is 7.31. The van der Waals surface area contributed by atoms with E-state index >= 15 is 0 Å². The topological polar surface area (TPSA) is 46.2 Å². The van der Waals surface area contributed by atoms with Crippen LogP contribution < -0.4 is 4.72 Å². The largest absolute Gasteiger partial charge is 0.241 e. The van der Waals surface area contributed by atoms with E-state index in [9.17, 15) is 12.8 Å². The highest BCUT2D eigenvalue weighted by atomic mass is 35.5. The number of nitrogens with one attached hydrogen (secondary N) is 1. The lowest BCUT2D eigenvalue weighted by Gasteiger charge is -2.26. The Morgan fingerprint density at radius 2 is 1.52 bits per heavy atom. The van der Waals surface area contributed by atoms with Crippen LogP contribution in [0.1, 0.15) is 19.4 Å². The minimum absolute atomic E-state index is 0.127. The minimum atomic E-state index is -3.70. The summed E-state index contributed by atoms with van der Waals surface area (Å²) in [6.07, 6.45) is 0. The summed E-state index contributed by atoms with van der Waals surface area (Å²) < 4.78 is 40.3. The fraction of sp³-hybridized carbons (Fsp3) is 0.200. The van der Waals surface area contributed by atoms with Gasteiger partial charge in [-0.25, -0.2) is 17.5 Å². The predicted octanol–water partition coefficient (Wildman–Crippen LogP) is 3.69. The molecule has 0 amide bonds. The Bertz CT molecular complexity index is 725. The number of benzene rings is 2. The van der Waals surface area contributed by atoms with Crippen LogP contribution in [-0.2, 0) is 15.6 Å². The van der Waals surface area contributed by atoms with Crippen molar-refractivity contribution in [2.75, 3.05) is 0 Å². The molecule has 6 heteroatoms. The first-order valence-electron chi connectivity index (χ1n) is 6.26. The van der Waals surface area contributed by atoms with Crippen molar-refractivity contribution in [3.8, 4) is 0 Å². The fourth-order valence-corrected chi connectivity index (χ4v) is 3.46. The van der Waals surface area contributed by atoms with Crippen LogP contribution in [-0.4, -0.2) is 8.42 Å². The van der Waals surface area contributed by atoms with Crippen LogP contribution in [0.4, 0.5) is 4.39 Å². The molecule has 2 aromatic rings. The third-order valence-electron chi connectivity index (χ3n) is 3.08. The molecular formula is C15H15ClFNO2S. The van der Waals surface area contributed by atoms with E-state index in [1.807, 2.05) is 0 Å². The highest BCUT2D eigenvalue weighted by Crippen LogP contribution is 2.24. The zero-order valence-electron chi connectivity index (χ0n) is 11.6. The molecule has 0 atom stereocenters. The number of hydrogen-bond acceptors (Lipinski definition) is 2. The Labute approximate surface area is 128 Å². The van der Waals surface area contributed by atoms with E-state index in [4.69, 9.17) is 11.6 Å². The van der Waals surface area contributed by atoms with Gasteiger partial charge in [-0.05, 0) is 55.8 Å². The molecule has 0 unspecified atom stereocenters. The van der Waals surface area contributed by atoms with Crippen molar-refractivity contribution >= 4 is 21.6 Å². The average molecular weight is 328 g/mol. The molecular weight excluding hydrogens is 313 g/mol. The van der Waals surface area contributed by atoms with Gasteiger partial charge >= 0.3 is 0 Å². The lowest BCUT2D eigenvalue weighted by Crippen LogP contribution is -2.40. The Kier molecular flexibility index (Phi) is 4.37. The van der Waals surface area contributed by atoms with Crippen molar-refractivity contribution in [1.29, 1.82) is 0 Å². The molecule has 2 aromatic carbocycles. The molecule has 0 saturated carbocycles. The van der Waals surface area contributed by atoms with E-state index in [0.717, 1.165) is 0 Å². The molecule has 21 heavy (non-hydrogen) atoms. The average Bonchev–Trinajstić information content (AvgIpc) is 2.38. The van der Waals surface area contributed by atoms with Gasteiger partial charge in [0, 0.05) is 5.02 Å². The first-order chi connectivity index (χ1) is 9.71. The molecule has 0 heterocycles. The normalized spacial score (nSPS) is 12.4. The quantitative estimate of drug-likeness (QED) is 0.930. The number of rotatable bonds is 4. The van der Waals surface area contributed by atoms with Crippen LogP contribution in [0.15, 0.2) is 53.4 Å². The second kappa shape index (κ2) is 5.75. The lowest BCUT2D eigenvalue weighted by molar-refractivity contribution is 0.471. The van der Waals surface area contributed by atoms with E-state index < -0.39 is 15.6 Å². The van der Waals surface area contributed by atoms with E-state index in [0.29, 0.717) is 10.6 Å². The fourth-order valence-electron chi connectivity index (χ4n) is 1.93. The van der Waals surface area contributed by atoms with Crippen LogP contribution >= 0.6 is 11.6 Å². The SMILES string of the molecule is CC(C)(NS(=O)(=O)c1ccc(Cl)cc1)c1ccc(F)cc1. The molecule has 0 aliphatic heterocycles. The van der Waals surface area contributed by atoms with Gasteiger partial charge in [-0.1, -0.05) is 23.7 Å². The molecule has 0 bridgehead atoms. The van der Waals surface area contributed by atoms with Crippen LogP contribution in [0.5, 0.6) is 0 Å². The van der Waals surface area contributed by atoms with Crippen molar-refractivity contribution in [3.05, 3.63) is 64.9 Å². The number of hydrogen-bond donors (Lipinski definition) is 1.